The minimum Gasteiger partial charge on any atom is -0.0836 e. The van der Waals surface area contributed by atoms with E-state index in [4.69, 9.17) is 0 Å². The Morgan fingerprint density at radius 1 is 1.00 bits per heavy atom. The Balaban J connectivity index is 1.69. The Kier molecular flexibility index (Phi) is 2.21. The predicted octanol–water partition coefficient (Wildman–Crippen LogP) is 3.95. The molecule has 15 heavy (non-hydrogen) atoms. The molecule has 3 aliphatic rings. The first-order valence-electron chi connectivity index (χ1n) is 5.87. The van der Waals surface area contributed by atoms with Crippen LogP contribution in [0.1, 0.15) is 19.3 Å². The van der Waals surface area contributed by atoms with Crippen LogP contribution >= 0.6 is 0 Å². The first-order valence-corrected chi connectivity index (χ1v) is 5.87. The Morgan fingerprint density at radius 3 is 2.73 bits per heavy atom. The van der Waals surface area contributed by atoms with E-state index in [1.54, 1.807) is 0 Å². The maximum absolute atomic E-state index is 2.41. The van der Waals surface area contributed by atoms with Crippen LogP contribution in [0.25, 0.3) is 0 Å². The average molecular weight is 196 g/mol. The van der Waals surface area contributed by atoms with Gasteiger partial charge in [-0.15, -0.1) is 0 Å². The Labute approximate surface area is 91.4 Å². The fraction of sp³-hybridized carbons (Fsp3) is 0.333. The van der Waals surface area contributed by atoms with Crippen molar-refractivity contribution in [2.75, 3.05) is 0 Å². The van der Waals surface area contributed by atoms with Gasteiger partial charge in [0.2, 0.25) is 0 Å². The van der Waals surface area contributed by atoms with Gasteiger partial charge in [0.1, 0.15) is 0 Å². The molecular weight excluding hydrogens is 180 g/mol. The number of allylic oxidation sites excluding steroid dienone is 10. The molecular formula is C15H16. The number of hydrogen-bond donors (Lipinski definition) is 0. The molecule has 0 aliphatic heterocycles. The molecule has 1 fully saturated rings. The molecule has 0 spiro atoms. The smallest absolute Gasteiger partial charge is 0.0155 e. The molecule has 2 unspecified atom stereocenters. The van der Waals surface area contributed by atoms with E-state index in [9.17, 15) is 0 Å². The summed E-state index contributed by atoms with van der Waals surface area (Å²) in [5.74, 6) is 1.72. The maximum atomic E-state index is 2.41. The lowest BCUT2D eigenvalue weighted by atomic mass is 10.0. The van der Waals surface area contributed by atoms with Crippen molar-refractivity contribution in [1.29, 1.82) is 0 Å². The average Bonchev–Trinajstić information content (AvgIpc) is 3.06. The van der Waals surface area contributed by atoms with Crippen molar-refractivity contribution in [3.63, 3.8) is 0 Å². The lowest BCUT2D eigenvalue weighted by Gasteiger charge is -2.03. The first kappa shape index (κ1) is 8.96. The van der Waals surface area contributed by atoms with E-state index < -0.39 is 0 Å². The molecule has 0 nitrogen and oxygen atoms in total. The molecule has 0 saturated heterocycles. The lowest BCUT2D eigenvalue weighted by molar-refractivity contribution is 0.971. The van der Waals surface area contributed by atoms with Crippen molar-refractivity contribution in [2.24, 2.45) is 11.8 Å². The normalized spacial score (nSPS) is 32.5. The molecule has 76 valence electrons. The van der Waals surface area contributed by atoms with Gasteiger partial charge in [0.15, 0.2) is 0 Å². The van der Waals surface area contributed by atoms with Gasteiger partial charge in [0.05, 0.1) is 0 Å². The molecule has 0 aromatic rings. The van der Waals surface area contributed by atoms with Crippen molar-refractivity contribution in [3.8, 4) is 0 Å². The molecule has 0 N–H and O–H groups in total. The summed E-state index contributed by atoms with van der Waals surface area (Å²) < 4.78 is 0. The fourth-order valence-corrected chi connectivity index (χ4v) is 2.25. The Hall–Kier alpha value is -1.30. The third-order valence-corrected chi connectivity index (χ3v) is 3.33. The van der Waals surface area contributed by atoms with Gasteiger partial charge in [-0.05, 0) is 42.2 Å². The van der Waals surface area contributed by atoms with Crippen LogP contribution in [0.2, 0.25) is 0 Å². The standard InChI is InChI=1S/C15H16/c1-2-4-12(5-3-1)6-7-13-8-9-14-11-15(14)10-13/h2,4-10,14-15H,1,3,11H2/b7-6+. The SMILES string of the molecule is C1=CC(/C=C/C2=CC3CC3C=C2)=CCC1. The summed E-state index contributed by atoms with van der Waals surface area (Å²) in [6.07, 6.45) is 22.0. The van der Waals surface area contributed by atoms with Crippen LogP contribution in [0, 0.1) is 11.8 Å². The molecule has 1 saturated carbocycles. The minimum atomic E-state index is 0.852. The zero-order valence-electron chi connectivity index (χ0n) is 8.89. The Bertz CT molecular complexity index is 402. The monoisotopic (exact) mass is 196 g/mol. The molecule has 2 atom stereocenters. The summed E-state index contributed by atoms with van der Waals surface area (Å²) in [6.45, 7) is 0. The first-order chi connectivity index (χ1) is 7.42. The van der Waals surface area contributed by atoms with E-state index in [-0.39, 0.29) is 0 Å². The molecule has 0 aromatic carbocycles. The second kappa shape index (κ2) is 3.69. The molecule has 0 heterocycles. The molecule has 0 bridgehead atoms. The highest BCUT2D eigenvalue weighted by atomic mass is 14.4. The van der Waals surface area contributed by atoms with Crippen molar-refractivity contribution >= 4 is 0 Å². The maximum Gasteiger partial charge on any atom is -0.0155 e. The van der Waals surface area contributed by atoms with E-state index in [2.05, 4.69) is 48.6 Å². The van der Waals surface area contributed by atoms with Gasteiger partial charge in [0.25, 0.3) is 0 Å². The third-order valence-electron chi connectivity index (χ3n) is 3.33. The largest absolute Gasteiger partial charge is 0.0836 e. The molecule has 0 radical (unpaired) electrons. The second-order valence-corrected chi connectivity index (χ2v) is 4.61. The summed E-state index contributed by atoms with van der Waals surface area (Å²) in [5.41, 5.74) is 2.74. The minimum absolute atomic E-state index is 0.852. The van der Waals surface area contributed by atoms with Gasteiger partial charge in [-0.25, -0.2) is 0 Å². The van der Waals surface area contributed by atoms with E-state index in [1.807, 2.05) is 0 Å². The quantitative estimate of drug-likeness (QED) is 0.627. The highest BCUT2D eigenvalue weighted by molar-refractivity contribution is 5.43. The van der Waals surface area contributed by atoms with Crippen LogP contribution in [-0.4, -0.2) is 0 Å². The summed E-state index contributed by atoms with van der Waals surface area (Å²) in [5, 5.41) is 0. The van der Waals surface area contributed by atoms with Crippen molar-refractivity contribution in [2.45, 2.75) is 19.3 Å². The number of fused-ring (bicyclic) bond motifs is 1. The van der Waals surface area contributed by atoms with Crippen molar-refractivity contribution < 1.29 is 0 Å². The summed E-state index contributed by atoms with van der Waals surface area (Å²) in [7, 11) is 0. The van der Waals surface area contributed by atoms with Gasteiger partial charge in [-0.2, -0.15) is 0 Å². The second-order valence-electron chi connectivity index (χ2n) is 4.61. The van der Waals surface area contributed by atoms with Crippen LogP contribution in [0.4, 0.5) is 0 Å². The molecule has 3 aliphatic carbocycles. The number of rotatable bonds is 2. The number of hydrogen-bond acceptors (Lipinski definition) is 0. The summed E-state index contributed by atoms with van der Waals surface area (Å²) in [4.78, 5) is 0. The predicted molar refractivity (Wildman–Crippen MR) is 64.4 cm³/mol. The zero-order valence-corrected chi connectivity index (χ0v) is 8.89. The van der Waals surface area contributed by atoms with E-state index in [0.29, 0.717) is 0 Å². The van der Waals surface area contributed by atoms with Gasteiger partial charge in [-0.3, -0.25) is 0 Å². The fourth-order valence-electron chi connectivity index (χ4n) is 2.25. The molecule has 0 heteroatoms. The van der Waals surface area contributed by atoms with E-state index in [0.717, 1.165) is 11.8 Å². The van der Waals surface area contributed by atoms with E-state index in [1.165, 1.54) is 30.4 Å². The van der Waals surface area contributed by atoms with Crippen LogP contribution < -0.4 is 0 Å². The molecule has 3 rings (SSSR count). The zero-order chi connectivity index (χ0) is 10.1. The molecule has 0 amide bonds. The van der Waals surface area contributed by atoms with Crippen LogP contribution in [0.5, 0.6) is 0 Å². The third kappa shape index (κ3) is 2.04. The van der Waals surface area contributed by atoms with Gasteiger partial charge in [-0.1, -0.05) is 48.6 Å². The summed E-state index contributed by atoms with van der Waals surface area (Å²) >= 11 is 0. The van der Waals surface area contributed by atoms with Gasteiger partial charge < -0.3 is 0 Å². The Morgan fingerprint density at radius 2 is 1.93 bits per heavy atom. The highest BCUT2D eigenvalue weighted by Gasteiger charge is 2.34. The van der Waals surface area contributed by atoms with Crippen LogP contribution in [0.3, 0.4) is 0 Å². The van der Waals surface area contributed by atoms with Crippen LogP contribution in [-0.2, 0) is 0 Å². The van der Waals surface area contributed by atoms with E-state index >= 15 is 0 Å². The highest BCUT2D eigenvalue weighted by Crippen LogP contribution is 2.44. The molecule has 0 aromatic heterocycles. The van der Waals surface area contributed by atoms with Gasteiger partial charge in [0, 0.05) is 0 Å². The van der Waals surface area contributed by atoms with Crippen molar-refractivity contribution in [3.05, 3.63) is 59.8 Å². The lowest BCUT2D eigenvalue weighted by Crippen LogP contribution is -1.85. The summed E-state index contributed by atoms with van der Waals surface area (Å²) in [6, 6.07) is 0. The van der Waals surface area contributed by atoms with Gasteiger partial charge >= 0.3 is 0 Å². The van der Waals surface area contributed by atoms with Crippen molar-refractivity contribution in [1.82, 2.24) is 0 Å². The van der Waals surface area contributed by atoms with Crippen LogP contribution in [0.15, 0.2) is 59.8 Å². The topological polar surface area (TPSA) is 0 Å².